The average molecular weight is 675 g/mol. The first kappa shape index (κ1) is 42.0. The number of carbonyl (C=O) groups is 6. The van der Waals surface area contributed by atoms with E-state index < -0.39 is 53.9 Å². The van der Waals surface area contributed by atoms with Crippen molar-refractivity contribution < 1.29 is 33.9 Å². The Morgan fingerprint density at radius 1 is 0.771 bits per heavy atom. The molecular formula is C35H58N6O7. The fraction of sp³-hybridized carbons (Fsp3) is 0.657. The van der Waals surface area contributed by atoms with Crippen molar-refractivity contribution in [1.82, 2.24) is 26.6 Å². The molecule has 6 amide bonds. The molecule has 0 saturated carbocycles. The minimum Gasteiger partial charge on any atom is -0.390 e. The van der Waals surface area contributed by atoms with Crippen LogP contribution in [0.15, 0.2) is 24.3 Å². The van der Waals surface area contributed by atoms with Crippen LogP contribution in [0, 0.1) is 17.8 Å². The molecular weight excluding hydrogens is 616 g/mol. The molecule has 0 heterocycles. The number of rotatable bonds is 20. The molecule has 7 N–H and O–H groups in total. The summed E-state index contributed by atoms with van der Waals surface area (Å²) in [6, 6.07) is 2.87. The highest BCUT2D eigenvalue weighted by atomic mass is 16.3. The van der Waals surface area contributed by atoms with Gasteiger partial charge in [-0.25, -0.2) is 0 Å². The van der Waals surface area contributed by atoms with Crippen molar-refractivity contribution in [1.29, 1.82) is 0 Å². The van der Waals surface area contributed by atoms with E-state index in [4.69, 9.17) is 0 Å². The Bertz CT molecular complexity index is 1240. The summed E-state index contributed by atoms with van der Waals surface area (Å²) in [6.45, 7) is 16.7. The Morgan fingerprint density at radius 2 is 1.40 bits per heavy atom. The number of hydrogen-bond donors (Lipinski definition) is 7. The van der Waals surface area contributed by atoms with E-state index in [1.54, 1.807) is 25.1 Å². The molecule has 0 unspecified atom stereocenters. The zero-order valence-electron chi connectivity index (χ0n) is 30.1. The summed E-state index contributed by atoms with van der Waals surface area (Å²) in [5, 5.41) is 27.5. The van der Waals surface area contributed by atoms with Crippen molar-refractivity contribution in [2.24, 2.45) is 17.8 Å². The van der Waals surface area contributed by atoms with Gasteiger partial charge < -0.3 is 37.0 Å². The number of benzene rings is 1. The van der Waals surface area contributed by atoms with Crippen LogP contribution in [0.4, 0.5) is 5.69 Å². The second kappa shape index (κ2) is 21.1. The van der Waals surface area contributed by atoms with E-state index in [0.29, 0.717) is 37.9 Å². The first-order valence-electron chi connectivity index (χ1n) is 17.0. The zero-order valence-corrected chi connectivity index (χ0v) is 30.1. The predicted molar refractivity (Wildman–Crippen MR) is 186 cm³/mol. The van der Waals surface area contributed by atoms with Gasteiger partial charge in [0.2, 0.25) is 29.5 Å². The summed E-state index contributed by atoms with van der Waals surface area (Å²) in [7, 11) is 0. The summed E-state index contributed by atoms with van der Waals surface area (Å²) >= 11 is 0. The van der Waals surface area contributed by atoms with Gasteiger partial charge in [0.1, 0.15) is 18.1 Å². The molecule has 1 rings (SSSR count). The molecule has 13 heteroatoms. The van der Waals surface area contributed by atoms with E-state index in [1.165, 1.54) is 13.0 Å². The van der Waals surface area contributed by atoms with Gasteiger partial charge in [0.05, 0.1) is 18.6 Å². The van der Waals surface area contributed by atoms with E-state index in [-0.39, 0.29) is 41.6 Å². The lowest BCUT2D eigenvalue weighted by atomic mass is 9.95. The van der Waals surface area contributed by atoms with Gasteiger partial charge in [0.15, 0.2) is 0 Å². The summed E-state index contributed by atoms with van der Waals surface area (Å²) in [6.07, 6.45) is -0.0616. The Balaban J connectivity index is 3.09. The number of aliphatic hydroxyl groups is 1. The van der Waals surface area contributed by atoms with Crippen molar-refractivity contribution in [3.05, 3.63) is 29.8 Å². The van der Waals surface area contributed by atoms with Crippen molar-refractivity contribution in [3.63, 3.8) is 0 Å². The highest BCUT2D eigenvalue weighted by molar-refractivity contribution is 6.00. The fourth-order valence-electron chi connectivity index (χ4n) is 5.20. The number of carbonyl (C=O) groups excluding carboxylic acids is 6. The lowest BCUT2D eigenvalue weighted by molar-refractivity contribution is -0.132. The van der Waals surface area contributed by atoms with Crippen LogP contribution < -0.4 is 31.9 Å². The van der Waals surface area contributed by atoms with Crippen LogP contribution in [0.2, 0.25) is 0 Å². The summed E-state index contributed by atoms with van der Waals surface area (Å²) in [5.74, 6) is -2.78. The number of hydrogen-bond acceptors (Lipinski definition) is 7. The second-order valence-corrected chi connectivity index (χ2v) is 13.5. The van der Waals surface area contributed by atoms with Gasteiger partial charge in [-0.2, -0.15) is 0 Å². The van der Waals surface area contributed by atoms with Gasteiger partial charge in [0.25, 0.3) is 5.91 Å². The normalized spacial score (nSPS) is 14.4. The first-order valence-corrected chi connectivity index (χ1v) is 17.0. The van der Waals surface area contributed by atoms with E-state index in [9.17, 15) is 33.9 Å². The topological polar surface area (TPSA) is 195 Å². The van der Waals surface area contributed by atoms with Crippen LogP contribution in [0.5, 0.6) is 0 Å². The molecule has 13 nitrogen and oxygen atoms in total. The van der Waals surface area contributed by atoms with Crippen LogP contribution in [0.25, 0.3) is 0 Å². The third-order valence-corrected chi connectivity index (χ3v) is 7.51. The quantitative estimate of drug-likeness (QED) is 0.110. The summed E-state index contributed by atoms with van der Waals surface area (Å²) in [5.41, 5.74) is 0.697. The molecule has 48 heavy (non-hydrogen) atoms. The highest BCUT2D eigenvalue weighted by Crippen LogP contribution is 2.15. The Labute approximate surface area is 285 Å². The van der Waals surface area contributed by atoms with E-state index in [2.05, 4.69) is 31.9 Å². The van der Waals surface area contributed by atoms with Crippen LogP contribution in [0.3, 0.4) is 0 Å². The van der Waals surface area contributed by atoms with Crippen LogP contribution in [0.1, 0.15) is 105 Å². The predicted octanol–water partition coefficient (Wildman–Crippen LogP) is 2.63. The molecule has 0 spiro atoms. The average Bonchev–Trinajstić information content (AvgIpc) is 2.98. The highest BCUT2D eigenvalue weighted by Gasteiger charge is 2.32. The summed E-state index contributed by atoms with van der Waals surface area (Å²) < 4.78 is 0. The molecule has 1 aromatic carbocycles. The molecule has 0 bridgehead atoms. The summed E-state index contributed by atoms with van der Waals surface area (Å²) in [4.78, 5) is 77.0. The molecule has 0 aliphatic rings. The molecule has 0 aliphatic carbocycles. The zero-order chi connectivity index (χ0) is 36.6. The third kappa shape index (κ3) is 15.3. The molecule has 5 atom stereocenters. The SMILES string of the molecule is CCC[C@H](NC(=O)[C@H](CC(C)C)NC(=O)c1cccc(NC(C)=O)c1)C(=O)N[C@@H](CC(C)C)[C@@H](O)CC(=O)N[C@H](C(=O)NCC)C(C)C. The molecule has 0 fully saturated rings. The monoisotopic (exact) mass is 674 g/mol. The standard InChI is InChI=1S/C35H58N6O7/c1-10-13-26(38-34(47)28(17-21(5)6)40-32(45)24-14-12-15-25(18-24)37-23(9)42)33(46)39-27(16-20(3)4)29(43)19-30(44)41-31(22(7)8)35(48)36-11-2/h12,14-15,18,20-22,26-29,31,43H,10-11,13,16-17,19H2,1-9H3,(H,36,48)(H,37,42)(H,38,47)(H,39,46)(H,40,45)(H,41,44)/t26-,27-,28-,29-,31-/m0/s1. The number of aliphatic hydroxyl groups excluding tert-OH is 1. The minimum atomic E-state index is -1.25. The Hall–Kier alpha value is -4.00. The molecule has 1 aromatic rings. The number of likely N-dealkylation sites (N-methyl/N-ethyl adjacent to an activating group) is 1. The lowest BCUT2D eigenvalue weighted by Gasteiger charge is -2.29. The van der Waals surface area contributed by atoms with Crippen LogP contribution in [-0.4, -0.2) is 77.4 Å². The molecule has 0 saturated heterocycles. The minimum absolute atomic E-state index is 0.0327. The van der Waals surface area contributed by atoms with Crippen LogP contribution in [-0.2, 0) is 24.0 Å². The van der Waals surface area contributed by atoms with E-state index in [1.807, 2.05) is 48.5 Å². The Morgan fingerprint density at radius 3 is 1.94 bits per heavy atom. The van der Waals surface area contributed by atoms with Crippen molar-refractivity contribution in [3.8, 4) is 0 Å². The van der Waals surface area contributed by atoms with Crippen molar-refractivity contribution in [2.75, 3.05) is 11.9 Å². The molecule has 0 aliphatic heterocycles. The second-order valence-electron chi connectivity index (χ2n) is 13.5. The van der Waals surface area contributed by atoms with Gasteiger partial charge in [0, 0.05) is 24.7 Å². The molecule has 270 valence electrons. The fourth-order valence-corrected chi connectivity index (χ4v) is 5.20. The number of amides is 6. The van der Waals surface area contributed by atoms with Crippen LogP contribution >= 0.6 is 0 Å². The van der Waals surface area contributed by atoms with E-state index >= 15 is 0 Å². The number of anilines is 1. The number of nitrogens with one attached hydrogen (secondary N) is 6. The van der Waals surface area contributed by atoms with Gasteiger partial charge in [-0.1, -0.05) is 61.0 Å². The first-order chi connectivity index (χ1) is 22.5. The Kier molecular flexibility index (Phi) is 18.4. The molecule has 0 aromatic heterocycles. The maximum Gasteiger partial charge on any atom is 0.252 e. The van der Waals surface area contributed by atoms with Gasteiger partial charge in [-0.15, -0.1) is 0 Å². The largest absolute Gasteiger partial charge is 0.390 e. The maximum absolute atomic E-state index is 13.6. The van der Waals surface area contributed by atoms with Gasteiger partial charge in [-0.05, 0) is 62.1 Å². The smallest absolute Gasteiger partial charge is 0.252 e. The lowest BCUT2D eigenvalue weighted by Crippen LogP contribution is -2.57. The van der Waals surface area contributed by atoms with E-state index in [0.717, 1.165) is 0 Å². The van der Waals surface area contributed by atoms with Gasteiger partial charge in [-0.3, -0.25) is 28.8 Å². The van der Waals surface area contributed by atoms with Crippen molar-refractivity contribution in [2.45, 2.75) is 125 Å². The van der Waals surface area contributed by atoms with Gasteiger partial charge >= 0.3 is 0 Å². The third-order valence-electron chi connectivity index (χ3n) is 7.51. The molecule has 0 radical (unpaired) electrons. The maximum atomic E-state index is 13.6. The van der Waals surface area contributed by atoms with Crippen molar-refractivity contribution >= 4 is 41.1 Å².